The van der Waals surface area contributed by atoms with Crippen molar-refractivity contribution in [1.82, 2.24) is 9.80 Å². The fraction of sp³-hybridized carbons (Fsp3) is 1.00. The Hall–Kier alpha value is -0.120. The van der Waals surface area contributed by atoms with Crippen LogP contribution in [0.15, 0.2) is 0 Å². The molecule has 2 saturated heterocycles. The van der Waals surface area contributed by atoms with Crippen molar-refractivity contribution in [3.63, 3.8) is 0 Å². The van der Waals surface area contributed by atoms with Gasteiger partial charge in [-0.3, -0.25) is 9.80 Å². The van der Waals surface area contributed by atoms with E-state index in [-0.39, 0.29) is 0 Å². The van der Waals surface area contributed by atoms with Gasteiger partial charge in [-0.05, 0) is 39.2 Å². The zero-order chi connectivity index (χ0) is 13.0. The van der Waals surface area contributed by atoms with Crippen LogP contribution in [-0.2, 0) is 4.74 Å². The van der Waals surface area contributed by atoms with Crippen LogP contribution in [0.4, 0.5) is 0 Å². The van der Waals surface area contributed by atoms with Gasteiger partial charge in [-0.2, -0.15) is 0 Å². The van der Waals surface area contributed by atoms with Crippen molar-refractivity contribution in [2.75, 3.05) is 33.4 Å². The summed E-state index contributed by atoms with van der Waals surface area (Å²) in [5, 5.41) is 0. The fourth-order valence-corrected chi connectivity index (χ4v) is 3.63. The second kappa shape index (κ2) is 6.88. The fourth-order valence-electron chi connectivity index (χ4n) is 3.63. The first kappa shape index (κ1) is 14.3. The van der Waals surface area contributed by atoms with E-state index in [1.165, 1.54) is 51.7 Å². The summed E-state index contributed by atoms with van der Waals surface area (Å²) in [6.45, 7) is 9.51. The molecule has 0 spiro atoms. The van der Waals surface area contributed by atoms with Gasteiger partial charge in [-0.25, -0.2) is 0 Å². The summed E-state index contributed by atoms with van der Waals surface area (Å²) < 4.78 is 5.24. The van der Waals surface area contributed by atoms with E-state index in [1.54, 1.807) is 0 Å². The van der Waals surface area contributed by atoms with E-state index in [0.717, 1.165) is 18.7 Å². The highest BCUT2D eigenvalue weighted by Crippen LogP contribution is 2.27. The minimum absolute atomic E-state index is 0.666. The first-order valence-corrected chi connectivity index (χ1v) is 7.75. The molecule has 2 fully saturated rings. The number of hydrogen-bond acceptors (Lipinski definition) is 3. The van der Waals surface area contributed by atoms with Crippen LogP contribution in [-0.4, -0.2) is 61.3 Å². The van der Waals surface area contributed by atoms with Gasteiger partial charge in [0.15, 0.2) is 0 Å². The quantitative estimate of drug-likeness (QED) is 0.749. The zero-order valence-electron chi connectivity index (χ0n) is 12.4. The van der Waals surface area contributed by atoms with Crippen molar-refractivity contribution in [1.29, 1.82) is 0 Å². The first-order valence-electron chi connectivity index (χ1n) is 7.75. The van der Waals surface area contributed by atoms with Gasteiger partial charge in [0, 0.05) is 44.9 Å². The number of methoxy groups -OCH3 is 1. The lowest BCUT2D eigenvalue weighted by atomic mass is 9.94. The molecule has 3 nitrogen and oxygen atoms in total. The van der Waals surface area contributed by atoms with Gasteiger partial charge in [0.05, 0.1) is 0 Å². The lowest BCUT2D eigenvalue weighted by molar-refractivity contribution is -0.0174. The molecule has 0 radical (unpaired) electrons. The molecule has 106 valence electrons. The zero-order valence-corrected chi connectivity index (χ0v) is 12.4. The Morgan fingerprint density at radius 2 is 2.11 bits per heavy atom. The number of ether oxygens (including phenoxy) is 1. The van der Waals surface area contributed by atoms with Crippen LogP contribution in [0.2, 0.25) is 0 Å². The second-order valence-electron chi connectivity index (χ2n) is 6.03. The van der Waals surface area contributed by atoms with E-state index in [0.29, 0.717) is 6.04 Å². The van der Waals surface area contributed by atoms with Crippen molar-refractivity contribution >= 4 is 0 Å². The maximum Gasteiger partial charge on any atom is 0.0477 e. The molecular weight excluding hydrogens is 224 g/mol. The van der Waals surface area contributed by atoms with Crippen LogP contribution < -0.4 is 0 Å². The summed E-state index contributed by atoms with van der Waals surface area (Å²) in [5.41, 5.74) is 0. The van der Waals surface area contributed by atoms with Crippen LogP contribution in [0.1, 0.15) is 46.0 Å². The molecule has 3 atom stereocenters. The Balaban J connectivity index is 1.94. The van der Waals surface area contributed by atoms with Crippen LogP contribution in [0.5, 0.6) is 0 Å². The molecule has 0 saturated carbocycles. The van der Waals surface area contributed by atoms with Crippen molar-refractivity contribution in [2.24, 2.45) is 0 Å². The molecule has 3 heteroatoms. The molecule has 0 aliphatic carbocycles. The number of piperazine rings is 1. The van der Waals surface area contributed by atoms with Crippen LogP contribution >= 0.6 is 0 Å². The minimum Gasteiger partial charge on any atom is -0.385 e. The smallest absolute Gasteiger partial charge is 0.0477 e. The second-order valence-corrected chi connectivity index (χ2v) is 6.03. The summed E-state index contributed by atoms with van der Waals surface area (Å²) in [6.07, 6.45) is 6.69. The standard InChI is InChI=1S/C15H30N2O/c1-4-14-11-16-9-6-5-7-15(16)12-17(14)13(2)8-10-18-3/h13-15H,4-12H2,1-3H3. The van der Waals surface area contributed by atoms with Gasteiger partial charge in [0.1, 0.15) is 0 Å². The van der Waals surface area contributed by atoms with Crippen molar-refractivity contribution in [3.8, 4) is 0 Å². The summed E-state index contributed by atoms with van der Waals surface area (Å²) in [4.78, 5) is 5.50. The third-order valence-electron chi connectivity index (χ3n) is 4.86. The van der Waals surface area contributed by atoms with Gasteiger partial charge >= 0.3 is 0 Å². The third-order valence-corrected chi connectivity index (χ3v) is 4.86. The highest BCUT2D eigenvalue weighted by Gasteiger charge is 2.35. The molecule has 18 heavy (non-hydrogen) atoms. The van der Waals surface area contributed by atoms with Gasteiger partial charge in [-0.15, -0.1) is 0 Å². The van der Waals surface area contributed by atoms with Crippen molar-refractivity contribution in [2.45, 2.75) is 64.1 Å². The predicted octanol–water partition coefficient (Wildman–Crippen LogP) is 2.36. The van der Waals surface area contributed by atoms with Crippen LogP contribution in [0.25, 0.3) is 0 Å². The molecule has 0 bridgehead atoms. The topological polar surface area (TPSA) is 15.7 Å². The van der Waals surface area contributed by atoms with E-state index >= 15 is 0 Å². The summed E-state index contributed by atoms with van der Waals surface area (Å²) in [5.74, 6) is 0. The molecule has 2 heterocycles. The largest absolute Gasteiger partial charge is 0.385 e. The van der Waals surface area contributed by atoms with Crippen LogP contribution in [0.3, 0.4) is 0 Å². The Morgan fingerprint density at radius 1 is 1.28 bits per heavy atom. The van der Waals surface area contributed by atoms with E-state index in [2.05, 4.69) is 23.6 Å². The summed E-state index contributed by atoms with van der Waals surface area (Å²) in [7, 11) is 1.81. The number of piperidine rings is 1. The normalized spacial score (nSPS) is 32.2. The van der Waals surface area contributed by atoms with Gasteiger partial charge in [-0.1, -0.05) is 13.3 Å². The molecule has 3 unspecified atom stereocenters. The maximum atomic E-state index is 5.24. The number of hydrogen-bond donors (Lipinski definition) is 0. The monoisotopic (exact) mass is 254 g/mol. The molecule has 0 N–H and O–H groups in total. The van der Waals surface area contributed by atoms with Crippen molar-refractivity contribution in [3.05, 3.63) is 0 Å². The Morgan fingerprint density at radius 3 is 2.83 bits per heavy atom. The lowest BCUT2D eigenvalue weighted by Crippen LogP contribution is -2.61. The number of nitrogens with zero attached hydrogens (tertiary/aromatic N) is 2. The number of rotatable bonds is 5. The van der Waals surface area contributed by atoms with Gasteiger partial charge < -0.3 is 4.74 Å². The highest BCUT2D eigenvalue weighted by molar-refractivity contribution is 4.92. The van der Waals surface area contributed by atoms with E-state index in [4.69, 9.17) is 4.74 Å². The minimum atomic E-state index is 0.666. The van der Waals surface area contributed by atoms with Crippen LogP contribution in [0, 0.1) is 0 Å². The Labute approximate surface area is 112 Å². The van der Waals surface area contributed by atoms with E-state index in [1.807, 2.05) is 7.11 Å². The lowest BCUT2D eigenvalue weighted by Gasteiger charge is -2.50. The molecular formula is C15H30N2O. The molecule has 2 aliphatic heterocycles. The maximum absolute atomic E-state index is 5.24. The van der Waals surface area contributed by atoms with Gasteiger partial charge in [0.25, 0.3) is 0 Å². The number of fused-ring (bicyclic) bond motifs is 1. The Kier molecular flexibility index (Phi) is 5.46. The van der Waals surface area contributed by atoms with Crippen molar-refractivity contribution < 1.29 is 4.74 Å². The molecule has 2 rings (SSSR count). The third kappa shape index (κ3) is 3.25. The molecule has 2 aliphatic rings. The summed E-state index contributed by atoms with van der Waals surface area (Å²) in [6, 6.07) is 2.25. The average Bonchev–Trinajstić information content (AvgIpc) is 2.43. The SMILES string of the molecule is CCC1CN2CCCCC2CN1C(C)CCOC. The highest BCUT2D eigenvalue weighted by atomic mass is 16.5. The predicted molar refractivity (Wildman–Crippen MR) is 76.0 cm³/mol. The molecule has 0 aromatic heterocycles. The van der Waals surface area contributed by atoms with E-state index < -0.39 is 0 Å². The molecule has 0 aromatic rings. The van der Waals surface area contributed by atoms with Gasteiger partial charge in [0.2, 0.25) is 0 Å². The van der Waals surface area contributed by atoms with E-state index in [9.17, 15) is 0 Å². The average molecular weight is 254 g/mol. The summed E-state index contributed by atoms with van der Waals surface area (Å²) >= 11 is 0. The molecule has 0 amide bonds. The first-order chi connectivity index (χ1) is 8.76. The Bertz CT molecular complexity index is 247. The molecule has 0 aromatic carbocycles.